The van der Waals surface area contributed by atoms with Crippen LogP contribution < -0.4 is 14.8 Å². The molecule has 3 nitrogen and oxygen atoms in total. The van der Waals surface area contributed by atoms with Gasteiger partial charge in [0.2, 0.25) is 0 Å². The van der Waals surface area contributed by atoms with Gasteiger partial charge < -0.3 is 14.8 Å². The number of benzene rings is 1. The van der Waals surface area contributed by atoms with E-state index in [1.54, 1.807) is 13.2 Å². The highest BCUT2D eigenvalue weighted by Gasteiger charge is 2.01. The average Bonchev–Trinajstić information content (AvgIpc) is 2.29. The van der Waals surface area contributed by atoms with Gasteiger partial charge in [0.05, 0.1) is 7.11 Å². The molecule has 0 saturated carbocycles. The van der Waals surface area contributed by atoms with E-state index in [0.29, 0.717) is 6.61 Å². The number of ether oxygens (including phenoxy) is 2. The predicted octanol–water partition coefficient (Wildman–Crippen LogP) is 1.94. The van der Waals surface area contributed by atoms with Crippen LogP contribution in [0.5, 0.6) is 11.5 Å². The van der Waals surface area contributed by atoms with Crippen LogP contribution in [0, 0.1) is 0 Å². The van der Waals surface area contributed by atoms with Gasteiger partial charge in [-0.15, -0.1) is 0 Å². The van der Waals surface area contributed by atoms with Crippen molar-refractivity contribution in [2.24, 2.45) is 0 Å². The second kappa shape index (κ2) is 6.09. The highest BCUT2D eigenvalue weighted by atomic mass is 16.5. The number of nitrogens with one attached hydrogen (secondary N) is 1. The van der Waals surface area contributed by atoms with E-state index in [1.165, 1.54) is 0 Å². The molecule has 0 bridgehead atoms. The molecule has 0 heterocycles. The van der Waals surface area contributed by atoms with Gasteiger partial charge in [0.15, 0.2) is 0 Å². The highest BCUT2D eigenvalue weighted by molar-refractivity contribution is 5.57. The molecule has 82 valence electrons. The van der Waals surface area contributed by atoms with E-state index in [0.717, 1.165) is 23.6 Å². The molecule has 0 atom stereocenters. The fourth-order valence-electron chi connectivity index (χ4n) is 1.22. The maximum Gasteiger partial charge on any atom is 0.129 e. The molecular weight excluding hydrogens is 190 g/mol. The van der Waals surface area contributed by atoms with Crippen LogP contribution >= 0.6 is 0 Å². The maximum atomic E-state index is 5.51. The maximum absolute atomic E-state index is 5.51. The normalized spacial score (nSPS) is 9.73. The van der Waals surface area contributed by atoms with E-state index in [1.807, 2.05) is 25.2 Å². The number of likely N-dealkylation sites (N-methyl/N-ethyl adjacent to an activating group) is 1. The van der Waals surface area contributed by atoms with E-state index >= 15 is 0 Å². The van der Waals surface area contributed by atoms with Crippen molar-refractivity contribution in [1.82, 2.24) is 5.32 Å². The Morgan fingerprint density at radius 2 is 2.27 bits per heavy atom. The van der Waals surface area contributed by atoms with Gasteiger partial charge in [-0.2, -0.15) is 0 Å². The van der Waals surface area contributed by atoms with Gasteiger partial charge in [-0.1, -0.05) is 12.7 Å². The smallest absolute Gasteiger partial charge is 0.129 e. The molecule has 0 aliphatic carbocycles. The van der Waals surface area contributed by atoms with Crippen molar-refractivity contribution < 1.29 is 9.47 Å². The number of rotatable bonds is 6. The molecule has 0 unspecified atom stereocenters. The average molecular weight is 207 g/mol. The molecule has 1 N–H and O–H groups in total. The van der Waals surface area contributed by atoms with Crippen molar-refractivity contribution in [2.75, 3.05) is 27.3 Å². The van der Waals surface area contributed by atoms with Gasteiger partial charge in [0, 0.05) is 18.2 Å². The summed E-state index contributed by atoms with van der Waals surface area (Å²) in [5.41, 5.74) is 0.971. The van der Waals surface area contributed by atoms with Crippen molar-refractivity contribution in [1.29, 1.82) is 0 Å². The first-order chi connectivity index (χ1) is 7.31. The summed E-state index contributed by atoms with van der Waals surface area (Å²) in [4.78, 5) is 0. The third-order valence-electron chi connectivity index (χ3n) is 2.05. The monoisotopic (exact) mass is 207 g/mol. The second-order valence-electron chi connectivity index (χ2n) is 3.06. The molecule has 0 aliphatic rings. The molecule has 0 amide bonds. The molecule has 0 aliphatic heterocycles. The number of hydrogen-bond donors (Lipinski definition) is 1. The molecule has 0 aromatic heterocycles. The Kier molecular flexibility index (Phi) is 4.71. The summed E-state index contributed by atoms with van der Waals surface area (Å²) in [6.45, 7) is 5.18. The molecule has 0 saturated heterocycles. The van der Waals surface area contributed by atoms with Crippen LogP contribution in [-0.4, -0.2) is 27.3 Å². The zero-order valence-corrected chi connectivity index (χ0v) is 9.25. The molecular formula is C12H17NO2. The van der Waals surface area contributed by atoms with Gasteiger partial charge in [-0.3, -0.25) is 0 Å². The summed E-state index contributed by atoms with van der Waals surface area (Å²) in [5, 5.41) is 3.02. The lowest BCUT2D eigenvalue weighted by molar-refractivity contribution is 0.315. The molecule has 15 heavy (non-hydrogen) atoms. The lowest BCUT2D eigenvalue weighted by Crippen LogP contribution is -2.15. The van der Waals surface area contributed by atoms with E-state index < -0.39 is 0 Å². The molecule has 0 spiro atoms. The Morgan fingerprint density at radius 1 is 1.47 bits per heavy atom. The van der Waals surface area contributed by atoms with E-state index in [4.69, 9.17) is 9.47 Å². The minimum absolute atomic E-state index is 0.646. The quantitative estimate of drug-likeness (QED) is 0.723. The lowest BCUT2D eigenvalue weighted by atomic mass is 10.2. The highest BCUT2D eigenvalue weighted by Crippen LogP contribution is 2.25. The molecule has 1 rings (SSSR count). The predicted molar refractivity (Wildman–Crippen MR) is 62.5 cm³/mol. The standard InChI is InChI=1S/C12H17NO2/c1-4-10-5-6-11(9-12(10)14-3)15-8-7-13-2/h4-6,9,13H,1,7-8H2,2-3H3. The van der Waals surface area contributed by atoms with Crippen molar-refractivity contribution in [3.8, 4) is 11.5 Å². The van der Waals surface area contributed by atoms with Crippen molar-refractivity contribution in [3.05, 3.63) is 30.3 Å². The minimum Gasteiger partial charge on any atom is -0.496 e. The van der Waals surface area contributed by atoms with Crippen LogP contribution in [0.25, 0.3) is 6.08 Å². The van der Waals surface area contributed by atoms with Gasteiger partial charge in [-0.05, 0) is 19.2 Å². The van der Waals surface area contributed by atoms with Crippen molar-refractivity contribution >= 4 is 6.08 Å². The molecule has 0 fully saturated rings. The first-order valence-corrected chi connectivity index (χ1v) is 4.89. The van der Waals surface area contributed by atoms with Crippen LogP contribution in [0.4, 0.5) is 0 Å². The van der Waals surface area contributed by atoms with Crippen LogP contribution in [0.1, 0.15) is 5.56 Å². The first-order valence-electron chi connectivity index (χ1n) is 4.89. The van der Waals surface area contributed by atoms with Crippen LogP contribution in [0.2, 0.25) is 0 Å². The third kappa shape index (κ3) is 3.29. The molecule has 1 aromatic rings. The summed E-state index contributed by atoms with van der Waals surface area (Å²) in [5.74, 6) is 1.60. The second-order valence-corrected chi connectivity index (χ2v) is 3.06. The van der Waals surface area contributed by atoms with E-state index in [9.17, 15) is 0 Å². The lowest BCUT2D eigenvalue weighted by Gasteiger charge is -2.09. The van der Waals surface area contributed by atoms with Crippen LogP contribution in [-0.2, 0) is 0 Å². The minimum atomic E-state index is 0.646. The summed E-state index contributed by atoms with van der Waals surface area (Å²) in [6.07, 6.45) is 1.76. The van der Waals surface area contributed by atoms with Crippen molar-refractivity contribution in [3.63, 3.8) is 0 Å². The van der Waals surface area contributed by atoms with Crippen molar-refractivity contribution in [2.45, 2.75) is 0 Å². The van der Waals surface area contributed by atoms with Crippen LogP contribution in [0.15, 0.2) is 24.8 Å². The van der Waals surface area contributed by atoms with Crippen LogP contribution in [0.3, 0.4) is 0 Å². The fourth-order valence-corrected chi connectivity index (χ4v) is 1.22. The summed E-state index contributed by atoms with van der Waals surface area (Å²) < 4.78 is 10.7. The van der Waals surface area contributed by atoms with E-state index in [-0.39, 0.29) is 0 Å². The SMILES string of the molecule is C=Cc1ccc(OCCNC)cc1OC. The third-order valence-corrected chi connectivity index (χ3v) is 2.05. The topological polar surface area (TPSA) is 30.5 Å². The summed E-state index contributed by atoms with van der Waals surface area (Å²) in [6, 6.07) is 5.71. The zero-order chi connectivity index (χ0) is 11.1. The Labute approximate surface area is 90.7 Å². The van der Waals surface area contributed by atoms with Gasteiger partial charge in [-0.25, -0.2) is 0 Å². The van der Waals surface area contributed by atoms with Gasteiger partial charge in [0.25, 0.3) is 0 Å². The molecule has 1 aromatic carbocycles. The first kappa shape index (κ1) is 11.6. The summed E-state index contributed by atoms with van der Waals surface area (Å²) >= 11 is 0. The Balaban J connectivity index is 2.70. The van der Waals surface area contributed by atoms with Gasteiger partial charge in [0.1, 0.15) is 18.1 Å². The molecule has 0 radical (unpaired) electrons. The Morgan fingerprint density at radius 3 is 2.87 bits per heavy atom. The number of hydrogen-bond acceptors (Lipinski definition) is 3. The van der Waals surface area contributed by atoms with Gasteiger partial charge >= 0.3 is 0 Å². The Bertz CT molecular complexity index is 323. The summed E-state index contributed by atoms with van der Waals surface area (Å²) in [7, 11) is 3.53. The Hall–Kier alpha value is -1.48. The molecule has 3 heteroatoms. The van der Waals surface area contributed by atoms with E-state index in [2.05, 4.69) is 11.9 Å². The fraction of sp³-hybridized carbons (Fsp3) is 0.333. The number of methoxy groups -OCH3 is 1. The zero-order valence-electron chi connectivity index (χ0n) is 9.25. The largest absolute Gasteiger partial charge is 0.496 e.